The summed E-state index contributed by atoms with van der Waals surface area (Å²) < 4.78 is 0. The number of rotatable bonds is 8. The van der Waals surface area contributed by atoms with Crippen molar-refractivity contribution in [1.29, 1.82) is 5.26 Å². The quantitative estimate of drug-likeness (QED) is 0.514. The Labute approximate surface area is 174 Å². The zero-order valence-corrected chi connectivity index (χ0v) is 16.9. The maximum Gasteiger partial charge on any atom is 0.235 e. The molecule has 1 unspecified atom stereocenters. The minimum atomic E-state index is -0.686. The van der Waals surface area contributed by atoms with E-state index in [1.54, 1.807) is 0 Å². The highest BCUT2D eigenvalue weighted by Crippen LogP contribution is 2.51. The fraction of sp³-hybridized carbons (Fsp3) is 0.333. The summed E-state index contributed by atoms with van der Waals surface area (Å²) >= 11 is 1.16. The van der Waals surface area contributed by atoms with E-state index < -0.39 is 11.2 Å². The van der Waals surface area contributed by atoms with Crippen LogP contribution in [0, 0.1) is 17.9 Å². The fourth-order valence-corrected chi connectivity index (χ4v) is 4.27. The standard InChI is InChI=1S/C21H22N6OS/c1-25-17-16(13-8-9-13)15(12-23)21(26-20(17)27(2)11-10-22)29-18(19(24)28)14-6-4-3-5-7-14/h3-7,13,18H,8-11,22H2,2H3,(H2,24,28). The Morgan fingerprint density at radius 1 is 1.45 bits per heavy atom. The van der Waals surface area contributed by atoms with Gasteiger partial charge in [0.25, 0.3) is 0 Å². The zero-order chi connectivity index (χ0) is 21.0. The first kappa shape index (κ1) is 20.7. The normalized spacial score (nSPS) is 13.9. The Hall–Kier alpha value is -3.07. The molecule has 0 radical (unpaired) electrons. The Morgan fingerprint density at radius 2 is 2.14 bits per heavy atom. The molecule has 2 aromatic rings. The molecule has 1 saturated carbocycles. The van der Waals surface area contributed by atoms with Gasteiger partial charge in [-0.1, -0.05) is 42.1 Å². The van der Waals surface area contributed by atoms with Crippen molar-refractivity contribution >= 4 is 29.2 Å². The van der Waals surface area contributed by atoms with Crippen LogP contribution in [0.25, 0.3) is 4.85 Å². The third-order valence-corrected chi connectivity index (χ3v) is 6.04. The number of thioether (sulfide) groups is 1. The molecule has 1 aliphatic rings. The summed E-state index contributed by atoms with van der Waals surface area (Å²) in [5, 5.41) is 9.63. The Morgan fingerprint density at radius 3 is 2.66 bits per heavy atom. The molecule has 1 aromatic carbocycles. The molecule has 4 N–H and O–H groups in total. The van der Waals surface area contributed by atoms with Crippen molar-refractivity contribution in [2.75, 3.05) is 25.0 Å². The number of nitriles is 1. The van der Waals surface area contributed by atoms with Crippen LogP contribution in [0.4, 0.5) is 11.5 Å². The van der Waals surface area contributed by atoms with Crippen LogP contribution in [0.5, 0.6) is 0 Å². The number of aromatic nitrogens is 1. The van der Waals surface area contributed by atoms with E-state index in [0.29, 0.717) is 35.2 Å². The van der Waals surface area contributed by atoms with Crippen LogP contribution in [-0.2, 0) is 4.79 Å². The van der Waals surface area contributed by atoms with Crippen LogP contribution in [0.1, 0.15) is 40.7 Å². The van der Waals surface area contributed by atoms with E-state index in [2.05, 4.69) is 15.9 Å². The number of hydrogen-bond acceptors (Lipinski definition) is 6. The third-order valence-electron chi connectivity index (χ3n) is 4.78. The number of pyridine rings is 1. The van der Waals surface area contributed by atoms with Gasteiger partial charge in [0, 0.05) is 20.1 Å². The van der Waals surface area contributed by atoms with Crippen molar-refractivity contribution in [3.05, 3.63) is 58.4 Å². The molecule has 8 heteroatoms. The summed E-state index contributed by atoms with van der Waals surface area (Å²) in [6.07, 6.45) is 1.87. The lowest BCUT2D eigenvalue weighted by molar-refractivity contribution is -0.117. The van der Waals surface area contributed by atoms with Gasteiger partial charge in [-0.3, -0.25) is 4.79 Å². The summed E-state index contributed by atoms with van der Waals surface area (Å²) in [5.74, 6) is 0.154. The molecule has 1 heterocycles. The Bertz CT molecular complexity index is 991. The molecule has 0 spiro atoms. The van der Waals surface area contributed by atoms with Gasteiger partial charge in [0.05, 0.1) is 12.1 Å². The highest BCUT2D eigenvalue weighted by Gasteiger charge is 2.34. The zero-order valence-electron chi connectivity index (χ0n) is 16.1. The molecule has 1 amide bonds. The average molecular weight is 407 g/mol. The number of primary amides is 1. The second-order valence-corrected chi connectivity index (χ2v) is 7.99. The SMILES string of the molecule is [C-]#[N+]c1c(N(C)CCN)nc(SC(C(N)=O)c2ccccc2)c(C#N)c1C1CC1. The van der Waals surface area contributed by atoms with Gasteiger partial charge in [0.15, 0.2) is 0 Å². The summed E-state index contributed by atoms with van der Waals surface area (Å²) in [6.45, 7) is 8.62. The molecule has 7 nitrogen and oxygen atoms in total. The molecule has 3 rings (SSSR count). The van der Waals surface area contributed by atoms with Gasteiger partial charge in [-0.25, -0.2) is 9.83 Å². The third kappa shape index (κ3) is 4.34. The lowest BCUT2D eigenvalue weighted by Gasteiger charge is -2.23. The minimum Gasteiger partial charge on any atom is -0.368 e. The van der Waals surface area contributed by atoms with Crippen molar-refractivity contribution in [2.45, 2.75) is 29.0 Å². The van der Waals surface area contributed by atoms with E-state index >= 15 is 0 Å². The van der Waals surface area contributed by atoms with E-state index in [-0.39, 0.29) is 5.92 Å². The Kier molecular flexibility index (Phi) is 6.38. The van der Waals surface area contributed by atoms with Crippen LogP contribution < -0.4 is 16.4 Å². The first-order valence-corrected chi connectivity index (χ1v) is 10.2. The van der Waals surface area contributed by atoms with Crippen LogP contribution in [0.2, 0.25) is 0 Å². The molecule has 1 aromatic heterocycles. The molecule has 0 saturated heterocycles. The van der Waals surface area contributed by atoms with Gasteiger partial charge in [0.2, 0.25) is 11.6 Å². The predicted molar refractivity (Wildman–Crippen MR) is 114 cm³/mol. The number of nitrogens with two attached hydrogens (primary N) is 2. The van der Waals surface area contributed by atoms with E-state index in [0.717, 1.165) is 35.7 Å². The molecule has 0 aliphatic heterocycles. The van der Waals surface area contributed by atoms with Gasteiger partial charge < -0.3 is 16.4 Å². The molecular formula is C21H22N6OS. The molecule has 1 aliphatic carbocycles. The van der Waals surface area contributed by atoms with Crippen LogP contribution in [0.15, 0.2) is 35.4 Å². The van der Waals surface area contributed by atoms with Gasteiger partial charge in [0.1, 0.15) is 22.2 Å². The maximum absolute atomic E-state index is 12.2. The highest BCUT2D eigenvalue weighted by atomic mass is 32.2. The summed E-state index contributed by atoms with van der Waals surface area (Å²) in [4.78, 5) is 22.4. The van der Waals surface area contributed by atoms with Crippen LogP contribution in [0.3, 0.4) is 0 Å². The smallest absolute Gasteiger partial charge is 0.235 e. The van der Waals surface area contributed by atoms with Gasteiger partial charge >= 0.3 is 0 Å². The molecule has 29 heavy (non-hydrogen) atoms. The van der Waals surface area contributed by atoms with Crippen molar-refractivity contribution in [2.24, 2.45) is 11.5 Å². The maximum atomic E-state index is 12.2. The molecular weight excluding hydrogens is 384 g/mol. The summed E-state index contributed by atoms with van der Waals surface area (Å²) in [6, 6.07) is 11.4. The number of anilines is 1. The van der Waals surface area contributed by atoms with Gasteiger partial charge in [-0.15, -0.1) is 0 Å². The highest BCUT2D eigenvalue weighted by molar-refractivity contribution is 8.00. The van der Waals surface area contributed by atoms with Gasteiger partial charge in [-0.2, -0.15) is 5.26 Å². The molecule has 1 atom stereocenters. The average Bonchev–Trinajstić information content (AvgIpc) is 3.56. The summed E-state index contributed by atoms with van der Waals surface area (Å²) in [5.41, 5.74) is 13.6. The van der Waals surface area contributed by atoms with E-state index in [4.69, 9.17) is 18.0 Å². The molecule has 148 valence electrons. The first-order chi connectivity index (χ1) is 14.0. The molecule has 1 fully saturated rings. The second kappa shape index (κ2) is 8.95. The van der Waals surface area contributed by atoms with Crippen molar-refractivity contribution < 1.29 is 4.79 Å². The number of hydrogen-bond donors (Lipinski definition) is 2. The Balaban J connectivity index is 2.16. The number of carbonyl (C=O) groups is 1. The van der Waals surface area contributed by atoms with Crippen molar-refractivity contribution in [3.63, 3.8) is 0 Å². The van der Waals surface area contributed by atoms with Crippen LogP contribution >= 0.6 is 11.8 Å². The van der Waals surface area contributed by atoms with Crippen molar-refractivity contribution in [1.82, 2.24) is 4.98 Å². The number of carbonyl (C=O) groups excluding carboxylic acids is 1. The minimum absolute atomic E-state index is 0.171. The van der Waals surface area contributed by atoms with Crippen LogP contribution in [-0.4, -0.2) is 31.0 Å². The number of likely N-dealkylation sites (N-methyl/N-ethyl adjacent to an activating group) is 1. The lowest BCUT2D eigenvalue weighted by Crippen LogP contribution is -2.26. The van der Waals surface area contributed by atoms with Gasteiger partial charge in [-0.05, 0) is 29.9 Å². The first-order valence-electron chi connectivity index (χ1n) is 9.29. The predicted octanol–water partition coefficient (Wildman–Crippen LogP) is 3.10. The largest absolute Gasteiger partial charge is 0.368 e. The second-order valence-electron chi connectivity index (χ2n) is 6.90. The van der Waals surface area contributed by atoms with E-state index in [1.165, 1.54) is 0 Å². The lowest BCUT2D eigenvalue weighted by atomic mass is 10.0. The summed E-state index contributed by atoms with van der Waals surface area (Å²) in [7, 11) is 1.82. The molecule has 0 bridgehead atoms. The number of nitrogens with zero attached hydrogens (tertiary/aromatic N) is 4. The number of benzene rings is 1. The fourth-order valence-electron chi connectivity index (χ4n) is 3.23. The van der Waals surface area contributed by atoms with E-state index in [9.17, 15) is 10.1 Å². The monoisotopic (exact) mass is 406 g/mol. The van der Waals surface area contributed by atoms with E-state index in [1.807, 2.05) is 42.3 Å². The topological polar surface area (TPSA) is 113 Å². The van der Waals surface area contributed by atoms with Crippen molar-refractivity contribution in [3.8, 4) is 6.07 Å². The number of amides is 1.